The van der Waals surface area contributed by atoms with Crippen molar-refractivity contribution in [2.24, 2.45) is 5.92 Å². The molecular weight excluding hydrogens is 456 g/mol. The Hall–Kier alpha value is -3.15. The van der Waals surface area contributed by atoms with Gasteiger partial charge in [-0.05, 0) is 78.0 Å². The SMILES string of the molecule is CCCC[C@H]1CC[C@H](c2ccc(-c3ccc(C(=O)O)c(F)c3-c3cc(F)c(F)c(F)c3)cc2)CC1. The molecule has 2 nitrogen and oxygen atoms in total. The van der Waals surface area contributed by atoms with Crippen LogP contribution in [0.1, 0.15) is 73.7 Å². The van der Waals surface area contributed by atoms with Crippen molar-refractivity contribution in [3.05, 3.63) is 82.9 Å². The smallest absolute Gasteiger partial charge is 0.338 e. The highest BCUT2D eigenvalue weighted by Crippen LogP contribution is 2.40. The van der Waals surface area contributed by atoms with E-state index in [4.69, 9.17) is 0 Å². The number of benzene rings is 3. The fourth-order valence-electron chi connectivity index (χ4n) is 5.18. The lowest BCUT2D eigenvalue weighted by Gasteiger charge is -2.29. The number of hydrogen-bond donors (Lipinski definition) is 1. The normalized spacial score (nSPS) is 18.0. The lowest BCUT2D eigenvalue weighted by molar-refractivity contribution is 0.0692. The van der Waals surface area contributed by atoms with Crippen LogP contribution in [0.4, 0.5) is 17.6 Å². The second-order valence-corrected chi connectivity index (χ2v) is 9.39. The number of rotatable bonds is 7. The molecule has 0 spiro atoms. The first kappa shape index (κ1) is 25.0. The molecule has 1 fully saturated rings. The molecule has 0 unspecified atom stereocenters. The van der Waals surface area contributed by atoms with Crippen molar-refractivity contribution in [2.45, 2.75) is 57.8 Å². The van der Waals surface area contributed by atoms with Crippen molar-refractivity contribution >= 4 is 5.97 Å². The minimum Gasteiger partial charge on any atom is -0.478 e. The molecule has 1 saturated carbocycles. The average Bonchev–Trinajstić information content (AvgIpc) is 2.85. The third-order valence-electron chi connectivity index (χ3n) is 7.15. The molecule has 0 aromatic heterocycles. The summed E-state index contributed by atoms with van der Waals surface area (Å²) in [6.07, 6.45) is 8.43. The van der Waals surface area contributed by atoms with Gasteiger partial charge in [0, 0.05) is 5.56 Å². The molecule has 35 heavy (non-hydrogen) atoms. The van der Waals surface area contributed by atoms with Gasteiger partial charge in [0.05, 0.1) is 5.56 Å². The van der Waals surface area contributed by atoms with Crippen LogP contribution in [-0.2, 0) is 0 Å². The molecule has 0 radical (unpaired) electrons. The fraction of sp³-hybridized carbons (Fsp3) is 0.345. The van der Waals surface area contributed by atoms with Crippen molar-refractivity contribution in [1.82, 2.24) is 0 Å². The van der Waals surface area contributed by atoms with Crippen molar-refractivity contribution in [3.8, 4) is 22.3 Å². The first-order valence-corrected chi connectivity index (χ1v) is 12.1. The molecule has 1 N–H and O–H groups in total. The Morgan fingerprint density at radius 3 is 2.06 bits per heavy atom. The molecule has 1 aliphatic carbocycles. The Bertz CT molecular complexity index is 1190. The van der Waals surface area contributed by atoms with Crippen LogP contribution in [-0.4, -0.2) is 11.1 Å². The number of halogens is 4. The summed E-state index contributed by atoms with van der Waals surface area (Å²) >= 11 is 0. The minimum absolute atomic E-state index is 0.271. The van der Waals surface area contributed by atoms with Gasteiger partial charge < -0.3 is 5.11 Å². The monoisotopic (exact) mass is 484 g/mol. The summed E-state index contributed by atoms with van der Waals surface area (Å²) < 4.78 is 56.7. The highest BCUT2D eigenvalue weighted by Gasteiger charge is 2.24. The zero-order valence-corrected chi connectivity index (χ0v) is 19.6. The number of hydrogen-bond acceptors (Lipinski definition) is 1. The average molecular weight is 485 g/mol. The van der Waals surface area contributed by atoms with E-state index in [9.17, 15) is 23.1 Å². The zero-order valence-electron chi connectivity index (χ0n) is 19.6. The van der Waals surface area contributed by atoms with Crippen molar-refractivity contribution in [1.29, 1.82) is 0 Å². The molecule has 3 aromatic carbocycles. The highest BCUT2D eigenvalue weighted by atomic mass is 19.2. The van der Waals surface area contributed by atoms with Crippen molar-refractivity contribution < 1.29 is 27.5 Å². The van der Waals surface area contributed by atoms with Crippen LogP contribution >= 0.6 is 0 Å². The Morgan fingerprint density at radius 2 is 1.49 bits per heavy atom. The predicted molar refractivity (Wildman–Crippen MR) is 128 cm³/mol. The summed E-state index contributed by atoms with van der Waals surface area (Å²) in [5.74, 6) is -6.02. The molecule has 0 amide bonds. The second kappa shape index (κ2) is 10.6. The van der Waals surface area contributed by atoms with Gasteiger partial charge in [-0.25, -0.2) is 22.4 Å². The zero-order chi connectivity index (χ0) is 25.1. The lowest BCUT2D eigenvalue weighted by atomic mass is 9.77. The number of carboxylic acid groups (broad SMARTS) is 1. The summed E-state index contributed by atoms with van der Waals surface area (Å²) in [5.41, 5.74) is 0.837. The van der Waals surface area contributed by atoms with Gasteiger partial charge in [0.2, 0.25) is 0 Å². The number of carbonyl (C=O) groups is 1. The maximum Gasteiger partial charge on any atom is 0.338 e. The van der Waals surface area contributed by atoms with Gasteiger partial charge in [0.25, 0.3) is 0 Å². The summed E-state index contributed by atoms with van der Waals surface area (Å²) in [4.78, 5) is 11.5. The Labute approximate surface area is 202 Å². The summed E-state index contributed by atoms with van der Waals surface area (Å²) in [6.45, 7) is 2.21. The van der Waals surface area contributed by atoms with E-state index in [0.29, 0.717) is 23.6 Å². The van der Waals surface area contributed by atoms with Crippen molar-refractivity contribution in [2.75, 3.05) is 0 Å². The third-order valence-corrected chi connectivity index (χ3v) is 7.15. The number of aromatic carboxylic acids is 1. The van der Waals surface area contributed by atoms with E-state index in [1.807, 2.05) is 24.3 Å². The predicted octanol–water partition coefficient (Wildman–Crippen LogP) is 8.74. The van der Waals surface area contributed by atoms with Gasteiger partial charge in [-0.3, -0.25) is 0 Å². The minimum atomic E-state index is -1.67. The molecule has 6 heteroatoms. The van der Waals surface area contributed by atoms with Crippen LogP contribution in [0.15, 0.2) is 48.5 Å². The van der Waals surface area contributed by atoms with E-state index in [2.05, 4.69) is 6.92 Å². The maximum absolute atomic E-state index is 15.3. The standard InChI is InChI=1S/C29H28F4O2/c1-2-3-4-17-5-7-18(8-6-17)19-9-11-20(12-10-19)22-13-14-23(29(34)35)27(32)26(22)21-15-24(30)28(33)25(31)16-21/h9-18H,2-8H2,1H3,(H,34,35)/t17-,18-. The molecule has 0 saturated heterocycles. The van der Waals surface area contributed by atoms with Gasteiger partial charge in [-0.15, -0.1) is 0 Å². The topological polar surface area (TPSA) is 37.3 Å². The Morgan fingerprint density at radius 1 is 0.857 bits per heavy atom. The molecule has 0 heterocycles. The fourth-order valence-corrected chi connectivity index (χ4v) is 5.18. The van der Waals surface area contributed by atoms with Crippen LogP contribution in [0, 0.1) is 29.2 Å². The first-order chi connectivity index (χ1) is 16.8. The number of unbranched alkanes of at least 4 members (excludes halogenated alkanes) is 1. The first-order valence-electron chi connectivity index (χ1n) is 12.1. The molecule has 4 rings (SSSR count). The Kier molecular flexibility index (Phi) is 7.58. The number of carboxylic acids is 1. The van der Waals surface area contributed by atoms with Crippen LogP contribution in [0.5, 0.6) is 0 Å². The van der Waals surface area contributed by atoms with Gasteiger partial charge in [0.15, 0.2) is 17.5 Å². The third kappa shape index (κ3) is 5.26. The molecule has 3 aromatic rings. The Balaban J connectivity index is 1.68. The molecule has 184 valence electrons. The van der Waals surface area contributed by atoms with Crippen LogP contribution in [0.2, 0.25) is 0 Å². The van der Waals surface area contributed by atoms with E-state index >= 15 is 4.39 Å². The van der Waals surface area contributed by atoms with Crippen molar-refractivity contribution in [3.63, 3.8) is 0 Å². The quantitative estimate of drug-likeness (QED) is 0.269. The van der Waals surface area contributed by atoms with E-state index in [1.165, 1.54) is 43.7 Å². The molecular formula is C29H28F4O2. The van der Waals surface area contributed by atoms with Crippen LogP contribution < -0.4 is 0 Å². The van der Waals surface area contributed by atoms with Gasteiger partial charge in [0.1, 0.15) is 5.82 Å². The maximum atomic E-state index is 15.3. The largest absolute Gasteiger partial charge is 0.478 e. The lowest BCUT2D eigenvalue weighted by Crippen LogP contribution is -2.13. The van der Waals surface area contributed by atoms with E-state index < -0.39 is 34.8 Å². The van der Waals surface area contributed by atoms with Crippen LogP contribution in [0.25, 0.3) is 22.3 Å². The van der Waals surface area contributed by atoms with Gasteiger partial charge >= 0.3 is 5.97 Å². The second-order valence-electron chi connectivity index (χ2n) is 9.39. The summed E-state index contributed by atoms with van der Waals surface area (Å²) in [5, 5.41) is 9.35. The highest BCUT2D eigenvalue weighted by molar-refractivity contribution is 5.94. The van der Waals surface area contributed by atoms with Crippen LogP contribution in [0.3, 0.4) is 0 Å². The van der Waals surface area contributed by atoms with Gasteiger partial charge in [-0.2, -0.15) is 0 Å². The van der Waals surface area contributed by atoms with Gasteiger partial charge in [-0.1, -0.05) is 56.5 Å². The summed E-state index contributed by atoms with van der Waals surface area (Å²) in [6, 6.07) is 11.5. The molecule has 0 bridgehead atoms. The van der Waals surface area contributed by atoms with E-state index in [-0.39, 0.29) is 16.7 Å². The molecule has 1 aliphatic rings. The van der Waals surface area contributed by atoms with E-state index in [1.54, 1.807) is 0 Å². The summed E-state index contributed by atoms with van der Waals surface area (Å²) in [7, 11) is 0. The molecule has 0 atom stereocenters. The molecule has 0 aliphatic heterocycles. The van der Waals surface area contributed by atoms with E-state index in [0.717, 1.165) is 24.8 Å².